The Balaban J connectivity index is 2.10. The molecule has 1 heterocycles. The molecule has 1 unspecified atom stereocenters. The second kappa shape index (κ2) is 6.33. The van der Waals surface area contributed by atoms with Crippen LogP contribution in [-0.2, 0) is 6.54 Å². The molecule has 0 aliphatic heterocycles. The summed E-state index contributed by atoms with van der Waals surface area (Å²) >= 11 is 5.89. The minimum atomic E-state index is -1.04. The molecular weight excluding hydrogens is 290 g/mol. The van der Waals surface area contributed by atoms with Crippen LogP contribution < -0.4 is 0 Å². The Morgan fingerprint density at radius 3 is 2.52 bits per heavy atom. The van der Waals surface area contributed by atoms with Gasteiger partial charge in [-0.25, -0.2) is 4.79 Å². The van der Waals surface area contributed by atoms with Crippen molar-refractivity contribution in [3.8, 4) is 0 Å². The number of carbonyl (C=O) groups is 1. The molecule has 1 atom stereocenters. The molecule has 0 aliphatic carbocycles. The standard InChI is InChI=1S/C16H18ClNO3/c1-10-8-14(21-15(10)16(19)20)9-18(3)11(2)12-4-6-13(17)7-5-12/h4-8,11H,9H2,1-3H3,(H,19,20). The predicted molar refractivity (Wildman–Crippen MR) is 81.7 cm³/mol. The van der Waals surface area contributed by atoms with Crippen LogP contribution in [0.25, 0.3) is 0 Å². The Morgan fingerprint density at radius 1 is 1.38 bits per heavy atom. The van der Waals surface area contributed by atoms with Crippen LogP contribution >= 0.6 is 11.6 Å². The molecule has 0 amide bonds. The van der Waals surface area contributed by atoms with Gasteiger partial charge in [-0.1, -0.05) is 23.7 Å². The number of furan rings is 1. The number of halogens is 1. The lowest BCUT2D eigenvalue weighted by Crippen LogP contribution is -2.21. The third kappa shape index (κ3) is 3.65. The Kier molecular flexibility index (Phi) is 4.70. The van der Waals surface area contributed by atoms with Crippen LogP contribution in [0.15, 0.2) is 34.7 Å². The topological polar surface area (TPSA) is 53.7 Å². The zero-order chi connectivity index (χ0) is 15.6. The highest BCUT2D eigenvalue weighted by Crippen LogP contribution is 2.24. The molecule has 0 saturated heterocycles. The fourth-order valence-corrected chi connectivity index (χ4v) is 2.34. The zero-order valence-corrected chi connectivity index (χ0v) is 13.0. The van der Waals surface area contributed by atoms with Gasteiger partial charge in [0.1, 0.15) is 5.76 Å². The number of nitrogens with zero attached hydrogens (tertiary/aromatic N) is 1. The maximum atomic E-state index is 11.0. The van der Waals surface area contributed by atoms with Crippen molar-refractivity contribution in [3.63, 3.8) is 0 Å². The van der Waals surface area contributed by atoms with Gasteiger partial charge < -0.3 is 9.52 Å². The van der Waals surface area contributed by atoms with Gasteiger partial charge in [0.25, 0.3) is 0 Å². The van der Waals surface area contributed by atoms with E-state index in [1.165, 1.54) is 0 Å². The van der Waals surface area contributed by atoms with Crippen molar-refractivity contribution in [3.05, 3.63) is 58.0 Å². The number of benzene rings is 1. The van der Waals surface area contributed by atoms with Crippen molar-refractivity contribution in [2.24, 2.45) is 0 Å². The number of aryl methyl sites for hydroxylation is 1. The lowest BCUT2D eigenvalue weighted by molar-refractivity contribution is 0.0657. The number of aromatic carboxylic acids is 1. The van der Waals surface area contributed by atoms with E-state index in [2.05, 4.69) is 11.8 Å². The molecule has 1 aromatic carbocycles. The van der Waals surface area contributed by atoms with E-state index in [1.54, 1.807) is 13.0 Å². The van der Waals surface area contributed by atoms with E-state index in [1.807, 2.05) is 31.3 Å². The van der Waals surface area contributed by atoms with Crippen LogP contribution in [0.3, 0.4) is 0 Å². The summed E-state index contributed by atoms with van der Waals surface area (Å²) in [6, 6.07) is 9.64. The van der Waals surface area contributed by atoms with E-state index in [9.17, 15) is 4.79 Å². The normalized spacial score (nSPS) is 12.6. The minimum Gasteiger partial charge on any atom is -0.475 e. The van der Waals surface area contributed by atoms with Crippen LogP contribution in [-0.4, -0.2) is 23.0 Å². The Morgan fingerprint density at radius 2 is 2.00 bits per heavy atom. The van der Waals surface area contributed by atoms with E-state index in [-0.39, 0.29) is 11.8 Å². The van der Waals surface area contributed by atoms with E-state index >= 15 is 0 Å². The average molecular weight is 308 g/mol. The molecule has 21 heavy (non-hydrogen) atoms. The third-order valence-electron chi connectivity index (χ3n) is 3.58. The van der Waals surface area contributed by atoms with E-state index < -0.39 is 5.97 Å². The summed E-state index contributed by atoms with van der Waals surface area (Å²) in [5.41, 5.74) is 1.79. The maximum absolute atomic E-state index is 11.0. The van der Waals surface area contributed by atoms with E-state index in [4.69, 9.17) is 21.1 Å². The average Bonchev–Trinajstić information content (AvgIpc) is 2.79. The highest BCUT2D eigenvalue weighted by Gasteiger charge is 2.18. The molecule has 0 aliphatic rings. The van der Waals surface area contributed by atoms with Crippen molar-refractivity contribution < 1.29 is 14.3 Å². The summed E-state index contributed by atoms with van der Waals surface area (Å²) in [6.45, 7) is 4.36. The smallest absolute Gasteiger partial charge is 0.372 e. The molecule has 0 spiro atoms. The van der Waals surface area contributed by atoms with Gasteiger partial charge in [-0.15, -0.1) is 0 Å². The van der Waals surface area contributed by atoms with Crippen LogP contribution in [0, 0.1) is 6.92 Å². The Bertz CT molecular complexity index is 633. The molecule has 4 nitrogen and oxygen atoms in total. The molecule has 2 rings (SSSR count). The second-order valence-corrected chi connectivity index (χ2v) is 5.61. The molecule has 0 bridgehead atoms. The first-order chi connectivity index (χ1) is 9.88. The van der Waals surface area contributed by atoms with Crippen LogP contribution in [0.1, 0.15) is 40.4 Å². The first-order valence-electron chi connectivity index (χ1n) is 6.66. The summed E-state index contributed by atoms with van der Waals surface area (Å²) in [5.74, 6) is -0.377. The first-order valence-corrected chi connectivity index (χ1v) is 7.04. The summed E-state index contributed by atoms with van der Waals surface area (Å²) in [7, 11) is 1.97. The van der Waals surface area contributed by atoms with Crippen LogP contribution in [0.4, 0.5) is 0 Å². The van der Waals surface area contributed by atoms with Crippen molar-refractivity contribution in [1.29, 1.82) is 0 Å². The fourth-order valence-electron chi connectivity index (χ4n) is 2.22. The van der Waals surface area contributed by atoms with E-state index in [0.29, 0.717) is 22.9 Å². The van der Waals surface area contributed by atoms with Crippen LogP contribution in [0.5, 0.6) is 0 Å². The number of carboxylic acid groups (broad SMARTS) is 1. The first kappa shape index (κ1) is 15.6. The monoisotopic (exact) mass is 307 g/mol. The molecule has 1 aromatic heterocycles. The summed E-state index contributed by atoms with van der Waals surface area (Å²) < 4.78 is 5.39. The van der Waals surface area contributed by atoms with E-state index in [0.717, 1.165) is 5.56 Å². The number of carboxylic acids is 1. The zero-order valence-electron chi connectivity index (χ0n) is 12.3. The largest absolute Gasteiger partial charge is 0.475 e. The predicted octanol–water partition coefficient (Wildman–Crippen LogP) is 4.13. The molecule has 1 N–H and O–H groups in total. The summed E-state index contributed by atoms with van der Waals surface area (Å²) in [4.78, 5) is 13.1. The number of hydrogen-bond donors (Lipinski definition) is 1. The van der Waals surface area contributed by atoms with Gasteiger partial charge >= 0.3 is 5.97 Å². The van der Waals surface area contributed by atoms with Gasteiger partial charge in [0.15, 0.2) is 0 Å². The van der Waals surface area contributed by atoms with Crippen molar-refractivity contribution in [2.75, 3.05) is 7.05 Å². The SMILES string of the molecule is Cc1cc(CN(C)C(C)c2ccc(Cl)cc2)oc1C(=O)O. The lowest BCUT2D eigenvalue weighted by Gasteiger charge is -2.24. The Hall–Kier alpha value is -1.78. The summed E-state index contributed by atoms with van der Waals surface area (Å²) in [6.07, 6.45) is 0. The van der Waals surface area contributed by atoms with Gasteiger partial charge in [-0.2, -0.15) is 0 Å². The van der Waals surface area contributed by atoms with Crippen molar-refractivity contribution in [2.45, 2.75) is 26.4 Å². The van der Waals surface area contributed by atoms with Gasteiger partial charge in [0.05, 0.1) is 6.54 Å². The van der Waals surface area contributed by atoms with Crippen LogP contribution in [0.2, 0.25) is 5.02 Å². The highest BCUT2D eigenvalue weighted by atomic mass is 35.5. The lowest BCUT2D eigenvalue weighted by atomic mass is 10.1. The van der Waals surface area contributed by atoms with Gasteiger partial charge in [-0.3, -0.25) is 4.90 Å². The molecule has 5 heteroatoms. The Labute approximate surface area is 128 Å². The maximum Gasteiger partial charge on any atom is 0.372 e. The molecule has 0 radical (unpaired) electrons. The van der Waals surface area contributed by atoms with Gasteiger partial charge in [0, 0.05) is 16.6 Å². The minimum absolute atomic E-state index is 0.0116. The highest BCUT2D eigenvalue weighted by molar-refractivity contribution is 6.30. The molecular formula is C16H18ClNO3. The van der Waals surface area contributed by atoms with Gasteiger partial charge in [-0.05, 0) is 44.7 Å². The van der Waals surface area contributed by atoms with Crippen molar-refractivity contribution in [1.82, 2.24) is 4.90 Å². The summed E-state index contributed by atoms with van der Waals surface area (Å²) in [5, 5.41) is 9.72. The molecule has 0 fully saturated rings. The third-order valence-corrected chi connectivity index (χ3v) is 3.83. The number of rotatable bonds is 5. The van der Waals surface area contributed by atoms with Gasteiger partial charge in [0.2, 0.25) is 5.76 Å². The molecule has 2 aromatic rings. The van der Waals surface area contributed by atoms with Crippen molar-refractivity contribution >= 4 is 17.6 Å². The second-order valence-electron chi connectivity index (χ2n) is 5.17. The molecule has 112 valence electrons. The number of hydrogen-bond acceptors (Lipinski definition) is 3. The molecule has 0 saturated carbocycles. The quantitative estimate of drug-likeness (QED) is 0.902. The fraction of sp³-hybridized carbons (Fsp3) is 0.312.